The Morgan fingerprint density at radius 2 is 2.26 bits per heavy atom. The quantitative estimate of drug-likeness (QED) is 0.387. The van der Waals surface area contributed by atoms with Gasteiger partial charge < -0.3 is 15.3 Å². The number of aliphatic carboxylic acids is 1. The molecule has 7 heteroatoms. The van der Waals surface area contributed by atoms with E-state index in [0.717, 1.165) is 24.3 Å². The molecule has 0 aromatic rings. The van der Waals surface area contributed by atoms with Crippen molar-refractivity contribution in [2.75, 3.05) is 5.75 Å². The Bertz CT molecular complexity index is 616. The second-order valence-electron chi connectivity index (χ2n) is 7.49. The molecule has 6 nitrogen and oxygen atoms in total. The minimum Gasteiger partial charge on any atom is -0.481 e. The van der Waals surface area contributed by atoms with Gasteiger partial charge in [0.05, 0.1) is 23.3 Å². The predicted molar refractivity (Wildman–Crippen MR) is 107 cm³/mol. The Morgan fingerprint density at radius 1 is 1.48 bits per heavy atom. The van der Waals surface area contributed by atoms with Gasteiger partial charge in [0.25, 0.3) is 0 Å². The Hall–Kier alpha value is -1.36. The first-order valence-electron chi connectivity index (χ1n) is 9.81. The van der Waals surface area contributed by atoms with Gasteiger partial charge in [-0.2, -0.15) is 5.26 Å². The van der Waals surface area contributed by atoms with Crippen LogP contribution in [0.25, 0.3) is 0 Å². The van der Waals surface area contributed by atoms with E-state index in [0.29, 0.717) is 31.4 Å². The summed E-state index contributed by atoms with van der Waals surface area (Å²) < 4.78 is 0. The number of carboxylic acids is 1. The molecule has 2 rings (SSSR count). The van der Waals surface area contributed by atoms with Crippen molar-refractivity contribution in [1.29, 1.82) is 5.26 Å². The lowest BCUT2D eigenvalue weighted by atomic mass is 9.84. The summed E-state index contributed by atoms with van der Waals surface area (Å²) in [5.41, 5.74) is -0.892. The number of hydrogen-bond acceptors (Lipinski definition) is 6. The number of thioether (sulfide) groups is 1. The molecule has 1 aliphatic heterocycles. The van der Waals surface area contributed by atoms with Gasteiger partial charge in [0.1, 0.15) is 0 Å². The van der Waals surface area contributed by atoms with E-state index >= 15 is 0 Å². The Morgan fingerprint density at radius 3 is 2.93 bits per heavy atom. The fourth-order valence-electron chi connectivity index (χ4n) is 3.96. The summed E-state index contributed by atoms with van der Waals surface area (Å²) in [5, 5.41) is 39.9. The molecule has 5 unspecified atom stereocenters. The number of nitriles is 1. The molecule has 3 N–H and O–H groups in total. The fraction of sp³-hybridized carbons (Fsp3) is 0.750. The summed E-state index contributed by atoms with van der Waals surface area (Å²) in [6.07, 6.45) is 8.01. The van der Waals surface area contributed by atoms with Crippen LogP contribution in [0.3, 0.4) is 0 Å². The average molecular weight is 395 g/mol. The van der Waals surface area contributed by atoms with Crippen molar-refractivity contribution in [1.82, 2.24) is 0 Å². The van der Waals surface area contributed by atoms with E-state index < -0.39 is 23.7 Å². The number of nitrogens with zero attached hydrogens (tertiary/aromatic N) is 2. The third-order valence-corrected chi connectivity index (χ3v) is 6.50. The maximum absolute atomic E-state index is 10.6. The number of aliphatic hydroxyl groups is 2. The summed E-state index contributed by atoms with van der Waals surface area (Å²) in [7, 11) is 0. The lowest BCUT2D eigenvalue weighted by molar-refractivity contribution is -0.137. The molecule has 0 aromatic heterocycles. The molecule has 0 amide bonds. The van der Waals surface area contributed by atoms with Gasteiger partial charge in [-0.3, -0.25) is 9.79 Å². The minimum absolute atomic E-state index is 0.0847. The molecule has 2 aliphatic rings. The van der Waals surface area contributed by atoms with E-state index in [1.54, 1.807) is 6.08 Å². The highest BCUT2D eigenvalue weighted by Crippen LogP contribution is 2.50. The van der Waals surface area contributed by atoms with Crippen molar-refractivity contribution in [3.8, 4) is 6.07 Å². The van der Waals surface area contributed by atoms with Gasteiger partial charge in [0.2, 0.25) is 0 Å². The maximum Gasteiger partial charge on any atom is 0.303 e. The van der Waals surface area contributed by atoms with Crippen LogP contribution in [0.15, 0.2) is 17.1 Å². The zero-order valence-electron chi connectivity index (χ0n) is 15.9. The summed E-state index contributed by atoms with van der Waals surface area (Å²) in [6, 6.07) is 2.32. The van der Waals surface area contributed by atoms with Crippen molar-refractivity contribution in [3.05, 3.63) is 12.2 Å². The van der Waals surface area contributed by atoms with Crippen molar-refractivity contribution >= 4 is 22.8 Å². The topological polar surface area (TPSA) is 114 Å². The molecule has 1 fully saturated rings. The molecule has 0 spiro atoms. The third kappa shape index (κ3) is 5.81. The van der Waals surface area contributed by atoms with Crippen molar-refractivity contribution in [2.45, 2.75) is 76.0 Å². The van der Waals surface area contributed by atoms with Crippen molar-refractivity contribution in [3.63, 3.8) is 0 Å². The monoisotopic (exact) mass is 394 g/mol. The zero-order chi connectivity index (χ0) is 19.9. The molecular weight excluding hydrogens is 364 g/mol. The number of carboxylic acid groups (broad SMARTS) is 1. The van der Waals surface area contributed by atoms with Crippen LogP contribution in [-0.4, -0.2) is 49.8 Å². The number of aliphatic imine (C=N–C) groups is 1. The highest BCUT2D eigenvalue weighted by Gasteiger charge is 2.56. The van der Waals surface area contributed by atoms with Gasteiger partial charge in [-0.25, -0.2) is 0 Å². The Kier molecular flexibility index (Phi) is 8.33. The first kappa shape index (κ1) is 21.9. The Labute approximate surface area is 165 Å². The van der Waals surface area contributed by atoms with Crippen LogP contribution in [0.4, 0.5) is 0 Å². The van der Waals surface area contributed by atoms with Crippen LogP contribution >= 0.6 is 11.8 Å². The molecule has 0 bridgehead atoms. The minimum atomic E-state index is -0.892. The van der Waals surface area contributed by atoms with Gasteiger partial charge in [-0.15, -0.1) is 11.8 Å². The van der Waals surface area contributed by atoms with Crippen molar-refractivity contribution in [2.24, 2.45) is 16.8 Å². The molecule has 5 atom stereocenters. The zero-order valence-corrected chi connectivity index (χ0v) is 16.7. The fourth-order valence-corrected chi connectivity index (χ4v) is 5.01. The van der Waals surface area contributed by atoms with Crippen molar-refractivity contribution < 1.29 is 20.1 Å². The largest absolute Gasteiger partial charge is 0.481 e. The molecule has 150 valence electrons. The van der Waals surface area contributed by atoms with Crippen LogP contribution in [0.1, 0.15) is 58.3 Å². The van der Waals surface area contributed by atoms with Crippen LogP contribution in [0.5, 0.6) is 0 Å². The number of hydrogen-bond donors (Lipinski definition) is 3. The van der Waals surface area contributed by atoms with Crippen LogP contribution in [-0.2, 0) is 4.79 Å². The van der Waals surface area contributed by atoms with Gasteiger partial charge in [0.15, 0.2) is 5.54 Å². The number of rotatable bonds is 10. The van der Waals surface area contributed by atoms with E-state index in [2.05, 4.69) is 18.0 Å². The molecule has 0 saturated heterocycles. The highest BCUT2D eigenvalue weighted by atomic mass is 32.2. The van der Waals surface area contributed by atoms with Crippen LogP contribution in [0, 0.1) is 23.2 Å². The van der Waals surface area contributed by atoms with E-state index in [1.165, 1.54) is 11.8 Å². The molecule has 0 aromatic carbocycles. The third-order valence-electron chi connectivity index (χ3n) is 5.42. The number of unbranched alkanes of at least 4 members (excludes halogenated alkanes) is 2. The smallest absolute Gasteiger partial charge is 0.303 e. The maximum atomic E-state index is 10.6. The average Bonchev–Trinajstić information content (AvgIpc) is 3.09. The highest BCUT2D eigenvalue weighted by molar-refractivity contribution is 8.13. The molecule has 1 saturated carbocycles. The molecule has 1 heterocycles. The lowest BCUT2D eigenvalue weighted by Gasteiger charge is -2.20. The van der Waals surface area contributed by atoms with Gasteiger partial charge in [0, 0.05) is 31.1 Å². The predicted octanol–water partition coefficient (Wildman–Crippen LogP) is 3.14. The summed E-state index contributed by atoms with van der Waals surface area (Å²) in [4.78, 5) is 15.2. The SMILES string of the molecule is CCCCCC(O)C=CC1C(O)CC2(C#N)N=C(SCCCC(=O)O)CC12. The molecule has 0 radical (unpaired) electrons. The Balaban J connectivity index is 1.95. The van der Waals surface area contributed by atoms with Gasteiger partial charge in [-0.05, 0) is 18.6 Å². The second-order valence-corrected chi connectivity index (χ2v) is 8.66. The summed E-state index contributed by atoms with van der Waals surface area (Å²) in [6.45, 7) is 2.12. The second kappa shape index (κ2) is 10.3. The molecule has 1 aliphatic carbocycles. The lowest BCUT2D eigenvalue weighted by Crippen LogP contribution is -2.27. The van der Waals surface area contributed by atoms with E-state index in [-0.39, 0.29) is 18.3 Å². The normalized spacial score (nSPS) is 30.9. The standard InChI is InChI=1S/C20H30N2O4S/c1-2-3-4-6-14(23)8-9-15-16-11-18(27-10-5-7-19(25)26)22-20(16,13-21)12-17(15)24/h8-9,14-17,23-24H,2-7,10-12H2,1H3,(H,25,26). The number of fused-ring (bicyclic) bond motifs is 1. The van der Waals surface area contributed by atoms with Crippen LogP contribution < -0.4 is 0 Å². The first-order chi connectivity index (χ1) is 12.9. The van der Waals surface area contributed by atoms with Crippen LogP contribution in [0.2, 0.25) is 0 Å². The van der Waals surface area contributed by atoms with Gasteiger partial charge in [-0.1, -0.05) is 38.3 Å². The first-order valence-corrected chi connectivity index (χ1v) is 10.8. The number of aliphatic hydroxyl groups excluding tert-OH is 2. The van der Waals surface area contributed by atoms with E-state index in [4.69, 9.17) is 5.11 Å². The summed E-state index contributed by atoms with van der Waals surface area (Å²) in [5.74, 6) is -0.413. The van der Waals surface area contributed by atoms with E-state index in [9.17, 15) is 20.3 Å². The van der Waals surface area contributed by atoms with E-state index in [1.807, 2.05) is 6.08 Å². The number of carbonyl (C=O) groups is 1. The van der Waals surface area contributed by atoms with Gasteiger partial charge >= 0.3 is 5.97 Å². The molecule has 27 heavy (non-hydrogen) atoms. The summed E-state index contributed by atoms with van der Waals surface area (Å²) >= 11 is 1.52. The molecular formula is C20H30N2O4S.